The van der Waals surface area contributed by atoms with Gasteiger partial charge in [-0.3, -0.25) is 0 Å². The van der Waals surface area contributed by atoms with Crippen LogP contribution in [0.25, 0.3) is 0 Å². The first-order valence-electron chi connectivity index (χ1n) is 4.35. The van der Waals surface area contributed by atoms with Crippen LogP contribution in [0, 0.1) is 0 Å². The van der Waals surface area contributed by atoms with Crippen LogP contribution in [-0.4, -0.2) is 36.6 Å². The van der Waals surface area contributed by atoms with E-state index in [9.17, 15) is 13.6 Å². The maximum Gasteiger partial charge on any atom is 0.409 e. The summed E-state index contributed by atoms with van der Waals surface area (Å²) in [7, 11) is 0. The van der Waals surface area contributed by atoms with Crippen LogP contribution in [0.4, 0.5) is 13.6 Å². The highest BCUT2D eigenvalue weighted by atomic mass is 19.3. The highest BCUT2D eigenvalue weighted by molar-refractivity contribution is 5.67. The van der Waals surface area contributed by atoms with Crippen LogP contribution in [-0.2, 0) is 4.74 Å². The summed E-state index contributed by atoms with van der Waals surface area (Å²) in [6.45, 7) is 1.74. The molecule has 0 aliphatic carbocycles. The molecule has 1 aliphatic rings. The van der Waals surface area contributed by atoms with Gasteiger partial charge in [0.25, 0.3) is 5.92 Å². The Balaban J connectivity index is 2.47. The third kappa shape index (κ3) is 2.82. The number of ether oxygens (including phenoxy) is 1. The number of nitrogens with zero attached hydrogens (tertiary/aromatic N) is 1. The minimum atomic E-state index is -2.75. The van der Waals surface area contributed by atoms with Crippen LogP contribution in [0.5, 0.6) is 0 Å². The SMILES string of the molecule is CCOC(=O)N1CCCC(F)(F)C1. The highest BCUT2D eigenvalue weighted by Crippen LogP contribution is 2.26. The van der Waals surface area contributed by atoms with Crippen molar-refractivity contribution in [2.24, 2.45) is 0 Å². The second kappa shape index (κ2) is 3.89. The summed E-state index contributed by atoms with van der Waals surface area (Å²) < 4.78 is 30.2. The van der Waals surface area contributed by atoms with Crippen molar-refractivity contribution in [1.82, 2.24) is 4.90 Å². The highest BCUT2D eigenvalue weighted by Gasteiger charge is 2.37. The summed E-state index contributed by atoms with van der Waals surface area (Å²) >= 11 is 0. The van der Waals surface area contributed by atoms with Gasteiger partial charge in [-0.25, -0.2) is 13.6 Å². The number of halogens is 2. The zero-order valence-electron chi connectivity index (χ0n) is 7.56. The fraction of sp³-hybridized carbons (Fsp3) is 0.875. The molecule has 0 saturated carbocycles. The van der Waals surface area contributed by atoms with Gasteiger partial charge < -0.3 is 9.64 Å². The van der Waals surface area contributed by atoms with Gasteiger partial charge in [-0.15, -0.1) is 0 Å². The molecular weight excluding hydrogens is 180 g/mol. The van der Waals surface area contributed by atoms with Gasteiger partial charge >= 0.3 is 6.09 Å². The molecule has 3 nitrogen and oxygen atoms in total. The quantitative estimate of drug-likeness (QED) is 0.636. The van der Waals surface area contributed by atoms with Crippen molar-refractivity contribution in [1.29, 1.82) is 0 Å². The van der Waals surface area contributed by atoms with E-state index in [-0.39, 0.29) is 13.0 Å². The van der Waals surface area contributed by atoms with Crippen LogP contribution in [0.2, 0.25) is 0 Å². The molecule has 1 amide bonds. The molecule has 1 rings (SSSR count). The Morgan fingerprint density at radius 3 is 2.85 bits per heavy atom. The summed E-state index contributed by atoms with van der Waals surface area (Å²) in [5.41, 5.74) is 0. The lowest BCUT2D eigenvalue weighted by Gasteiger charge is -2.31. The van der Waals surface area contributed by atoms with E-state index >= 15 is 0 Å². The fourth-order valence-corrected chi connectivity index (χ4v) is 1.34. The standard InChI is InChI=1S/C8H13F2NO2/c1-2-13-7(12)11-5-3-4-8(9,10)6-11/h2-6H2,1H3. The molecule has 0 bridgehead atoms. The van der Waals surface area contributed by atoms with E-state index in [4.69, 9.17) is 0 Å². The van der Waals surface area contributed by atoms with E-state index < -0.39 is 18.6 Å². The molecule has 0 aromatic carbocycles. The lowest BCUT2D eigenvalue weighted by molar-refractivity contribution is -0.0602. The van der Waals surface area contributed by atoms with Gasteiger partial charge in [-0.05, 0) is 13.3 Å². The van der Waals surface area contributed by atoms with Crippen LogP contribution >= 0.6 is 0 Å². The predicted octanol–water partition coefficient (Wildman–Crippen LogP) is 1.87. The molecule has 0 atom stereocenters. The number of rotatable bonds is 1. The minimum absolute atomic E-state index is 0.136. The van der Waals surface area contributed by atoms with E-state index in [0.29, 0.717) is 13.0 Å². The average Bonchev–Trinajstić information content (AvgIpc) is 2.03. The summed E-state index contributed by atoms with van der Waals surface area (Å²) in [5.74, 6) is -2.75. The Morgan fingerprint density at radius 1 is 1.62 bits per heavy atom. The number of carbonyl (C=O) groups is 1. The van der Waals surface area contributed by atoms with Crippen molar-refractivity contribution in [2.75, 3.05) is 19.7 Å². The maximum atomic E-state index is 12.8. The largest absolute Gasteiger partial charge is 0.450 e. The first-order valence-corrected chi connectivity index (χ1v) is 4.35. The number of hydrogen-bond donors (Lipinski definition) is 0. The first kappa shape index (κ1) is 10.2. The molecule has 0 spiro atoms. The summed E-state index contributed by atoms with van der Waals surface area (Å²) in [5, 5.41) is 0. The van der Waals surface area contributed by atoms with Gasteiger partial charge in [0.2, 0.25) is 0 Å². The van der Waals surface area contributed by atoms with Gasteiger partial charge in [-0.2, -0.15) is 0 Å². The Kier molecular flexibility index (Phi) is 3.06. The zero-order chi connectivity index (χ0) is 9.90. The molecule has 13 heavy (non-hydrogen) atoms. The third-order valence-corrected chi connectivity index (χ3v) is 1.92. The minimum Gasteiger partial charge on any atom is -0.450 e. The monoisotopic (exact) mass is 193 g/mol. The third-order valence-electron chi connectivity index (χ3n) is 1.92. The number of amides is 1. The molecule has 1 heterocycles. The van der Waals surface area contributed by atoms with Crippen molar-refractivity contribution in [2.45, 2.75) is 25.7 Å². The Morgan fingerprint density at radius 2 is 2.31 bits per heavy atom. The summed E-state index contributed by atoms with van der Waals surface area (Å²) in [6, 6.07) is 0. The maximum absolute atomic E-state index is 12.8. The number of carbonyl (C=O) groups excluding carboxylic acids is 1. The zero-order valence-corrected chi connectivity index (χ0v) is 7.56. The average molecular weight is 193 g/mol. The summed E-state index contributed by atoms with van der Waals surface area (Å²) in [6.07, 6.45) is -0.434. The Labute approximate surface area is 75.7 Å². The topological polar surface area (TPSA) is 29.5 Å². The summed E-state index contributed by atoms with van der Waals surface area (Å²) in [4.78, 5) is 12.1. The lowest BCUT2D eigenvalue weighted by Crippen LogP contribution is -2.45. The second-order valence-corrected chi connectivity index (χ2v) is 3.08. The van der Waals surface area contributed by atoms with Gasteiger partial charge in [0.05, 0.1) is 13.2 Å². The molecule has 0 N–H and O–H groups in total. The van der Waals surface area contributed by atoms with E-state index in [0.717, 1.165) is 4.90 Å². The van der Waals surface area contributed by atoms with Gasteiger partial charge in [-0.1, -0.05) is 0 Å². The number of piperidine rings is 1. The molecule has 5 heteroatoms. The Hall–Kier alpha value is -0.870. The molecule has 0 aromatic heterocycles. The molecule has 1 saturated heterocycles. The van der Waals surface area contributed by atoms with Crippen molar-refractivity contribution in [3.63, 3.8) is 0 Å². The number of likely N-dealkylation sites (tertiary alicyclic amines) is 1. The van der Waals surface area contributed by atoms with Crippen molar-refractivity contribution in [3.05, 3.63) is 0 Å². The van der Waals surface area contributed by atoms with E-state index in [2.05, 4.69) is 4.74 Å². The van der Waals surface area contributed by atoms with E-state index in [1.165, 1.54) is 0 Å². The van der Waals surface area contributed by atoms with Gasteiger partial charge in [0, 0.05) is 13.0 Å². The fourth-order valence-electron chi connectivity index (χ4n) is 1.34. The van der Waals surface area contributed by atoms with Gasteiger partial charge in [0.15, 0.2) is 0 Å². The van der Waals surface area contributed by atoms with Crippen LogP contribution < -0.4 is 0 Å². The molecule has 1 fully saturated rings. The smallest absolute Gasteiger partial charge is 0.409 e. The molecule has 0 radical (unpaired) electrons. The molecule has 0 aromatic rings. The Bertz CT molecular complexity index is 197. The normalized spacial score (nSPS) is 21.3. The number of hydrogen-bond acceptors (Lipinski definition) is 2. The van der Waals surface area contributed by atoms with Crippen molar-refractivity contribution < 1.29 is 18.3 Å². The number of alkyl halides is 2. The van der Waals surface area contributed by atoms with Crippen molar-refractivity contribution >= 4 is 6.09 Å². The molecule has 76 valence electrons. The molecule has 1 aliphatic heterocycles. The van der Waals surface area contributed by atoms with Crippen LogP contribution in [0.15, 0.2) is 0 Å². The second-order valence-electron chi connectivity index (χ2n) is 3.08. The van der Waals surface area contributed by atoms with Crippen LogP contribution in [0.1, 0.15) is 19.8 Å². The van der Waals surface area contributed by atoms with Crippen LogP contribution in [0.3, 0.4) is 0 Å². The lowest BCUT2D eigenvalue weighted by atomic mass is 10.1. The van der Waals surface area contributed by atoms with E-state index in [1.54, 1.807) is 6.92 Å². The first-order chi connectivity index (χ1) is 6.05. The van der Waals surface area contributed by atoms with Gasteiger partial charge in [0.1, 0.15) is 0 Å². The molecular formula is C8H13F2NO2. The van der Waals surface area contributed by atoms with E-state index in [1.807, 2.05) is 0 Å². The predicted molar refractivity (Wildman–Crippen MR) is 42.8 cm³/mol. The molecule has 0 unspecified atom stereocenters. The van der Waals surface area contributed by atoms with Crippen molar-refractivity contribution in [3.8, 4) is 0 Å².